The summed E-state index contributed by atoms with van der Waals surface area (Å²) in [7, 11) is 0. The van der Waals surface area contributed by atoms with Crippen molar-refractivity contribution < 1.29 is 14.7 Å². The van der Waals surface area contributed by atoms with E-state index in [1.165, 1.54) is 0 Å². The van der Waals surface area contributed by atoms with Crippen molar-refractivity contribution in [2.24, 2.45) is 11.8 Å². The van der Waals surface area contributed by atoms with Crippen LogP contribution >= 0.6 is 0 Å². The number of rotatable bonds is 6. The number of nitrogens with one attached hydrogen (secondary N) is 1. The minimum Gasteiger partial charge on any atom is -0.481 e. The van der Waals surface area contributed by atoms with Crippen molar-refractivity contribution in [3.05, 3.63) is 0 Å². The Bertz CT molecular complexity index is 317. The first-order chi connectivity index (χ1) is 9.56. The number of carboxylic acid groups (broad SMARTS) is 1. The number of hydrogen-bond acceptors (Lipinski definition) is 2. The Morgan fingerprint density at radius 3 is 2.45 bits per heavy atom. The van der Waals surface area contributed by atoms with E-state index in [1.807, 2.05) is 6.92 Å². The molecule has 3 atom stereocenters. The predicted octanol–water partition coefficient (Wildman–Crippen LogP) is 3.35. The SMILES string of the molecule is CCCCC(C)C(=O)NC1CCCCCCC1C(=O)O. The average molecular weight is 283 g/mol. The Labute approximate surface area is 122 Å². The van der Waals surface area contributed by atoms with E-state index in [-0.39, 0.29) is 17.9 Å². The van der Waals surface area contributed by atoms with Gasteiger partial charge in [-0.05, 0) is 19.3 Å². The Kier molecular flexibility index (Phi) is 7.63. The molecule has 1 rings (SSSR count). The summed E-state index contributed by atoms with van der Waals surface area (Å²) in [5.41, 5.74) is 0. The van der Waals surface area contributed by atoms with E-state index in [9.17, 15) is 14.7 Å². The van der Waals surface area contributed by atoms with Crippen LogP contribution < -0.4 is 5.32 Å². The van der Waals surface area contributed by atoms with Gasteiger partial charge in [0, 0.05) is 12.0 Å². The maximum Gasteiger partial charge on any atom is 0.308 e. The standard InChI is InChI=1S/C16H29NO3/c1-3-4-9-12(2)15(18)17-14-11-8-6-5-7-10-13(14)16(19)20/h12-14H,3-11H2,1-2H3,(H,17,18)(H,19,20). The lowest BCUT2D eigenvalue weighted by Crippen LogP contribution is -2.45. The third-order valence-corrected chi connectivity index (χ3v) is 4.35. The number of unbranched alkanes of at least 4 members (excludes halogenated alkanes) is 1. The van der Waals surface area contributed by atoms with Gasteiger partial charge in [0.2, 0.25) is 5.91 Å². The molecule has 0 bridgehead atoms. The molecular weight excluding hydrogens is 254 g/mol. The molecule has 1 aliphatic rings. The van der Waals surface area contributed by atoms with Crippen LogP contribution in [0.1, 0.15) is 71.6 Å². The van der Waals surface area contributed by atoms with Gasteiger partial charge in [0.1, 0.15) is 0 Å². The topological polar surface area (TPSA) is 66.4 Å². The summed E-state index contributed by atoms with van der Waals surface area (Å²) < 4.78 is 0. The van der Waals surface area contributed by atoms with Gasteiger partial charge < -0.3 is 10.4 Å². The van der Waals surface area contributed by atoms with Gasteiger partial charge in [-0.3, -0.25) is 9.59 Å². The molecule has 3 unspecified atom stereocenters. The van der Waals surface area contributed by atoms with E-state index >= 15 is 0 Å². The molecule has 0 heterocycles. The van der Waals surface area contributed by atoms with Crippen molar-refractivity contribution in [3.8, 4) is 0 Å². The van der Waals surface area contributed by atoms with Gasteiger partial charge in [0.15, 0.2) is 0 Å². The Hall–Kier alpha value is -1.06. The highest BCUT2D eigenvalue weighted by atomic mass is 16.4. The zero-order valence-corrected chi connectivity index (χ0v) is 12.9. The van der Waals surface area contributed by atoms with Crippen LogP contribution in [0.5, 0.6) is 0 Å². The van der Waals surface area contributed by atoms with Crippen molar-refractivity contribution in [3.63, 3.8) is 0 Å². The molecule has 0 radical (unpaired) electrons. The largest absolute Gasteiger partial charge is 0.481 e. The first-order valence-electron chi connectivity index (χ1n) is 8.09. The quantitative estimate of drug-likeness (QED) is 0.785. The summed E-state index contributed by atoms with van der Waals surface area (Å²) in [6.45, 7) is 4.05. The maximum absolute atomic E-state index is 12.2. The van der Waals surface area contributed by atoms with Gasteiger partial charge in [0.05, 0.1) is 5.92 Å². The number of aliphatic carboxylic acids is 1. The Morgan fingerprint density at radius 1 is 1.20 bits per heavy atom. The molecule has 0 aliphatic heterocycles. The van der Waals surface area contributed by atoms with Crippen LogP contribution in [0.4, 0.5) is 0 Å². The maximum atomic E-state index is 12.2. The van der Waals surface area contributed by atoms with Gasteiger partial charge in [-0.25, -0.2) is 0 Å². The van der Waals surface area contributed by atoms with Gasteiger partial charge in [0.25, 0.3) is 0 Å². The van der Waals surface area contributed by atoms with E-state index in [2.05, 4.69) is 12.2 Å². The molecule has 116 valence electrons. The lowest BCUT2D eigenvalue weighted by molar-refractivity contribution is -0.143. The van der Waals surface area contributed by atoms with Crippen LogP contribution in [0.2, 0.25) is 0 Å². The van der Waals surface area contributed by atoms with Gasteiger partial charge >= 0.3 is 5.97 Å². The van der Waals surface area contributed by atoms with Crippen molar-refractivity contribution in [2.45, 2.75) is 77.7 Å². The predicted molar refractivity (Wildman–Crippen MR) is 79.4 cm³/mol. The van der Waals surface area contributed by atoms with E-state index < -0.39 is 11.9 Å². The number of carbonyl (C=O) groups is 2. The van der Waals surface area contributed by atoms with Crippen molar-refractivity contribution in [1.82, 2.24) is 5.32 Å². The molecule has 20 heavy (non-hydrogen) atoms. The molecule has 2 N–H and O–H groups in total. The molecule has 4 heteroatoms. The zero-order valence-electron chi connectivity index (χ0n) is 12.9. The fourth-order valence-corrected chi connectivity index (χ4v) is 2.92. The summed E-state index contributed by atoms with van der Waals surface area (Å²) in [5, 5.41) is 12.4. The molecule has 0 saturated heterocycles. The smallest absolute Gasteiger partial charge is 0.308 e. The highest BCUT2D eigenvalue weighted by molar-refractivity contribution is 5.80. The van der Waals surface area contributed by atoms with Crippen molar-refractivity contribution >= 4 is 11.9 Å². The van der Waals surface area contributed by atoms with E-state index in [1.54, 1.807) is 0 Å². The van der Waals surface area contributed by atoms with Gasteiger partial charge in [-0.2, -0.15) is 0 Å². The molecule has 1 saturated carbocycles. The highest BCUT2D eigenvalue weighted by Gasteiger charge is 2.30. The molecule has 1 aliphatic carbocycles. The Balaban J connectivity index is 2.58. The van der Waals surface area contributed by atoms with E-state index in [4.69, 9.17) is 0 Å². The molecular formula is C16H29NO3. The van der Waals surface area contributed by atoms with Gasteiger partial charge in [-0.1, -0.05) is 52.4 Å². The van der Waals surface area contributed by atoms with Crippen LogP contribution in [-0.4, -0.2) is 23.0 Å². The molecule has 4 nitrogen and oxygen atoms in total. The van der Waals surface area contributed by atoms with Crippen LogP contribution in [0.15, 0.2) is 0 Å². The highest BCUT2D eigenvalue weighted by Crippen LogP contribution is 2.23. The molecule has 0 aromatic carbocycles. The number of hydrogen-bond donors (Lipinski definition) is 2. The summed E-state index contributed by atoms with van der Waals surface area (Å²) in [4.78, 5) is 23.6. The summed E-state index contributed by atoms with van der Waals surface area (Å²) in [5.74, 6) is -1.18. The van der Waals surface area contributed by atoms with Gasteiger partial charge in [-0.15, -0.1) is 0 Å². The van der Waals surface area contributed by atoms with Crippen molar-refractivity contribution in [2.75, 3.05) is 0 Å². The van der Waals surface area contributed by atoms with Crippen LogP contribution in [-0.2, 0) is 9.59 Å². The molecule has 1 amide bonds. The number of carboxylic acids is 1. The molecule has 1 fully saturated rings. The fraction of sp³-hybridized carbons (Fsp3) is 0.875. The zero-order chi connectivity index (χ0) is 15.0. The lowest BCUT2D eigenvalue weighted by Gasteiger charge is -2.28. The number of carbonyl (C=O) groups excluding carboxylic acids is 1. The van der Waals surface area contributed by atoms with Crippen molar-refractivity contribution in [1.29, 1.82) is 0 Å². The average Bonchev–Trinajstić information content (AvgIpc) is 2.38. The third kappa shape index (κ3) is 5.51. The summed E-state index contributed by atoms with van der Waals surface area (Å²) >= 11 is 0. The molecule has 0 spiro atoms. The van der Waals surface area contributed by atoms with E-state index in [0.29, 0.717) is 6.42 Å². The minimum atomic E-state index is -0.765. The second-order valence-electron chi connectivity index (χ2n) is 6.09. The lowest BCUT2D eigenvalue weighted by atomic mass is 9.86. The first kappa shape index (κ1) is 17.0. The fourth-order valence-electron chi connectivity index (χ4n) is 2.92. The molecule has 0 aromatic rings. The molecule has 0 aromatic heterocycles. The summed E-state index contributed by atoms with van der Waals surface area (Å²) in [6, 6.07) is -0.190. The third-order valence-electron chi connectivity index (χ3n) is 4.35. The van der Waals surface area contributed by atoms with Crippen LogP contribution in [0, 0.1) is 11.8 Å². The van der Waals surface area contributed by atoms with Crippen LogP contribution in [0.25, 0.3) is 0 Å². The minimum absolute atomic E-state index is 0.0187. The monoisotopic (exact) mass is 283 g/mol. The Morgan fingerprint density at radius 2 is 1.85 bits per heavy atom. The first-order valence-corrected chi connectivity index (χ1v) is 8.09. The number of amides is 1. The second-order valence-corrected chi connectivity index (χ2v) is 6.09. The second kappa shape index (κ2) is 8.98. The summed E-state index contributed by atoms with van der Waals surface area (Å²) in [6.07, 6.45) is 8.70. The normalized spacial score (nSPS) is 25.3. The van der Waals surface area contributed by atoms with Crippen LogP contribution in [0.3, 0.4) is 0 Å². The van der Waals surface area contributed by atoms with E-state index in [0.717, 1.165) is 51.4 Å².